The minimum Gasteiger partial charge on any atom is -0.270 e. The van der Waals surface area contributed by atoms with Gasteiger partial charge in [-0.15, -0.1) is 0 Å². The summed E-state index contributed by atoms with van der Waals surface area (Å²) in [5, 5.41) is 0. The molecule has 0 unspecified atom stereocenters. The monoisotopic (exact) mass is 239 g/mol. The Morgan fingerprint density at radius 1 is 1.25 bits per heavy atom. The zero-order valence-corrected chi connectivity index (χ0v) is 10.3. The van der Waals surface area contributed by atoms with Crippen molar-refractivity contribution in [3.8, 4) is 0 Å². The van der Waals surface area contributed by atoms with Gasteiger partial charge in [-0.25, -0.2) is 8.42 Å². The van der Waals surface area contributed by atoms with Gasteiger partial charge in [0.15, 0.2) is 0 Å². The number of rotatable bonds is 2. The first-order chi connectivity index (χ1) is 7.65. The van der Waals surface area contributed by atoms with Crippen LogP contribution in [0.3, 0.4) is 0 Å². The van der Waals surface area contributed by atoms with Crippen molar-refractivity contribution in [2.75, 3.05) is 16.6 Å². The van der Waals surface area contributed by atoms with E-state index in [-0.39, 0.29) is 5.75 Å². The molecule has 1 aliphatic heterocycles. The molecular formula is C12H17NO2S. The molecule has 0 saturated heterocycles. The predicted octanol–water partition coefficient (Wildman–Crippen LogP) is 2.18. The van der Waals surface area contributed by atoms with Gasteiger partial charge in [0.05, 0.1) is 11.4 Å². The van der Waals surface area contributed by atoms with E-state index < -0.39 is 10.0 Å². The number of anilines is 1. The van der Waals surface area contributed by atoms with Crippen molar-refractivity contribution in [2.45, 2.75) is 26.2 Å². The molecule has 1 aliphatic rings. The summed E-state index contributed by atoms with van der Waals surface area (Å²) < 4.78 is 25.6. The van der Waals surface area contributed by atoms with Crippen molar-refractivity contribution in [1.29, 1.82) is 0 Å². The van der Waals surface area contributed by atoms with Gasteiger partial charge in [-0.3, -0.25) is 4.31 Å². The van der Waals surface area contributed by atoms with E-state index in [1.165, 1.54) is 0 Å². The van der Waals surface area contributed by atoms with Crippen LogP contribution >= 0.6 is 0 Å². The van der Waals surface area contributed by atoms with Crippen molar-refractivity contribution in [3.05, 3.63) is 29.8 Å². The second-order valence-electron chi connectivity index (χ2n) is 4.06. The topological polar surface area (TPSA) is 37.4 Å². The Morgan fingerprint density at radius 3 is 2.75 bits per heavy atom. The maximum Gasteiger partial charge on any atom is 0.234 e. The number of nitrogens with zero attached hydrogens (tertiary/aromatic N) is 1. The van der Waals surface area contributed by atoms with Crippen molar-refractivity contribution < 1.29 is 8.42 Å². The number of benzene rings is 1. The molecule has 0 fully saturated rings. The van der Waals surface area contributed by atoms with E-state index in [0.29, 0.717) is 6.54 Å². The molecule has 3 nitrogen and oxygen atoms in total. The first-order valence-electron chi connectivity index (χ1n) is 5.73. The van der Waals surface area contributed by atoms with Crippen molar-refractivity contribution in [3.63, 3.8) is 0 Å². The fourth-order valence-electron chi connectivity index (χ4n) is 2.10. The van der Waals surface area contributed by atoms with E-state index in [2.05, 4.69) is 0 Å². The SMILES string of the molecule is CCS(=O)(=O)N1CCCCc2ccccc21. The average molecular weight is 239 g/mol. The van der Waals surface area contributed by atoms with E-state index in [4.69, 9.17) is 0 Å². The molecule has 1 aromatic carbocycles. The maximum atomic E-state index is 12.0. The first-order valence-corrected chi connectivity index (χ1v) is 7.34. The molecule has 1 aromatic rings. The lowest BCUT2D eigenvalue weighted by molar-refractivity contribution is 0.590. The van der Waals surface area contributed by atoms with Crippen molar-refractivity contribution in [2.24, 2.45) is 0 Å². The minimum absolute atomic E-state index is 0.168. The van der Waals surface area contributed by atoms with Crippen LogP contribution in [0.15, 0.2) is 24.3 Å². The van der Waals surface area contributed by atoms with Crippen LogP contribution in [0.4, 0.5) is 5.69 Å². The van der Waals surface area contributed by atoms with Crippen LogP contribution in [-0.4, -0.2) is 20.7 Å². The Morgan fingerprint density at radius 2 is 2.00 bits per heavy atom. The second kappa shape index (κ2) is 4.45. The lowest BCUT2D eigenvalue weighted by Crippen LogP contribution is -2.33. The van der Waals surface area contributed by atoms with E-state index in [1.807, 2.05) is 24.3 Å². The molecule has 0 atom stereocenters. The lowest BCUT2D eigenvalue weighted by Gasteiger charge is -2.23. The molecule has 0 spiro atoms. The van der Waals surface area contributed by atoms with E-state index in [0.717, 1.165) is 30.5 Å². The highest BCUT2D eigenvalue weighted by Gasteiger charge is 2.23. The molecule has 0 radical (unpaired) electrons. The van der Waals surface area contributed by atoms with Crippen LogP contribution < -0.4 is 4.31 Å². The summed E-state index contributed by atoms with van der Waals surface area (Å²) in [4.78, 5) is 0. The number of sulfonamides is 1. The minimum atomic E-state index is -3.12. The Kier molecular flexibility index (Phi) is 3.19. The summed E-state index contributed by atoms with van der Waals surface area (Å²) in [7, 11) is -3.12. The first kappa shape index (κ1) is 11.5. The average Bonchev–Trinajstić information content (AvgIpc) is 2.51. The summed E-state index contributed by atoms with van der Waals surface area (Å²) in [5.41, 5.74) is 2.03. The van der Waals surface area contributed by atoms with Gasteiger partial charge in [0.2, 0.25) is 10.0 Å². The molecule has 16 heavy (non-hydrogen) atoms. The molecule has 1 heterocycles. The molecule has 0 aliphatic carbocycles. The Hall–Kier alpha value is -1.03. The molecule has 0 amide bonds. The van der Waals surface area contributed by atoms with Crippen LogP contribution in [-0.2, 0) is 16.4 Å². The van der Waals surface area contributed by atoms with Gasteiger partial charge in [0.1, 0.15) is 0 Å². The second-order valence-corrected chi connectivity index (χ2v) is 6.24. The molecule has 2 rings (SSSR count). The smallest absolute Gasteiger partial charge is 0.234 e. The van der Waals surface area contributed by atoms with Crippen molar-refractivity contribution in [1.82, 2.24) is 0 Å². The van der Waals surface area contributed by atoms with Gasteiger partial charge in [-0.05, 0) is 37.8 Å². The highest BCUT2D eigenvalue weighted by atomic mass is 32.2. The largest absolute Gasteiger partial charge is 0.270 e. The maximum absolute atomic E-state index is 12.0. The number of fused-ring (bicyclic) bond motifs is 1. The number of hydrogen-bond donors (Lipinski definition) is 0. The normalized spacial score (nSPS) is 16.7. The number of hydrogen-bond acceptors (Lipinski definition) is 2. The van der Waals surface area contributed by atoms with E-state index in [1.54, 1.807) is 11.2 Å². The molecular weight excluding hydrogens is 222 g/mol. The molecule has 88 valence electrons. The van der Waals surface area contributed by atoms with Gasteiger partial charge in [0, 0.05) is 6.54 Å². The summed E-state index contributed by atoms with van der Waals surface area (Å²) >= 11 is 0. The highest BCUT2D eigenvalue weighted by Crippen LogP contribution is 2.28. The molecule has 0 saturated carbocycles. The lowest BCUT2D eigenvalue weighted by atomic mass is 10.1. The van der Waals surface area contributed by atoms with Gasteiger partial charge in [0.25, 0.3) is 0 Å². The van der Waals surface area contributed by atoms with Gasteiger partial charge < -0.3 is 0 Å². The molecule has 0 N–H and O–H groups in total. The third kappa shape index (κ3) is 2.07. The van der Waals surface area contributed by atoms with Crippen LogP contribution in [0.2, 0.25) is 0 Å². The molecule has 0 aromatic heterocycles. The Balaban J connectivity index is 2.48. The van der Waals surface area contributed by atoms with Crippen LogP contribution in [0, 0.1) is 0 Å². The fraction of sp³-hybridized carbons (Fsp3) is 0.500. The highest BCUT2D eigenvalue weighted by molar-refractivity contribution is 7.92. The van der Waals surface area contributed by atoms with Crippen molar-refractivity contribution >= 4 is 15.7 Å². The number of aryl methyl sites for hydroxylation is 1. The Labute approximate surface area is 97.1 Å². The van der Waals surface area contributed by atoms with Gasteiger partial charge in [-0.1, -0.05) is 18.2 Å². The fourth-order valence-corrected chi connectivity index (χ4v) is 3.30. The molecule has 4 heteroatoms. The van der Waals surface area contributed by atoms with E-state index >= 15 is 0 Å². The van der Waals surface area contributed by atoms with Crippen LogP contribution in [0.25, 0.3) is 0 Å². The molecule has 0 bridgehead atoms. The third-order valence-corrected chi connectivity index (χ3v) is 4.80. The zero-order chi connectivity index (χ0) is 11.6. The Bertz CT molecular complexity index is 468. The predicted molar refractivity (Wildman–Crippen MR) is 66.2 cm³/mol. The summed E-state index contributed by atoms with van der Waals surface area (Å²) in [6.07, 6.45) is 2.98. The summed E-state index contributed by atoms with van der Waals surface area (Å²) in [6.45, 7) is 2.32. The van der Waals surface area contributed by atoms with Crippen LogP contribution in [0.5, 0.6) is 0 Å². The van der Waals surface area contributed by atoms with E-state index in [9.17, 15) is 8.42 Å². The standard InChI is InChI=1S/C12H17NO2S/c1-2-16(14,15)13-10-6-5-8-11-7-3-4-9-12(11)13/h3-4,7,9H,2,5-6,8,10H2,1H3. The third-order valence-electron chi connectivity index (χ3n) is 3.02. The zero-order valence-electron chi connectivity index (χ0n) is 9.52. The summed E-state index contributed by atoms with van der Waals surface area (Å²) in [6, 6.07) is 7.82. The number of para-hydroxylation sites is 1. The van der Waals surface area contributed by atoms with Crippen LogP contribution in [0.1, 0.15) is 25.3 Å². The van der Waals surface area contributed by atoms with Gasteiger partial charge in [-0.2, -0.15) is 0 Å². The van der Waals surface area contributed by atoms with Gasteiger partial charge >= 0.3 is 0 Å². The quantitative estimate of drug-likeness (QED) is 0.793. The summed E-state index contributed by atoms with van der Waals surface area (Å²) in [5.74, 6) is 0.168.